The van der Waals surface area contributed by atoms with Crippen molar-refractivity contribution in [2.45, 2.75) is 77.0 Å². The molecule has 2 amide bonds. The molecule has 2 aliphatic carbocycles. The highest BCUT2D eigenvalue weighted by molar-refractivity contribution is 5.85. The molecule has 0 aromatic rings. The Hall–Kier alpha value is -2.12. The van der Waals surface area contributed by atoms with E-state index in [9.17, 15) is 29.4 Å². The number of carbonyl (C=O) groups is 4. The van der Waals surface area contributed by atoms with Gasteiger partial charge in [0.15, 0.2) is 0 Å². The lowest BCUT2D eigenvalue weighted by atomic mass is 9.78. The van der Waals surface area contributed by atoms with Crippen molar-refractivity contribution >= 4 is 23.8 Å². The van der Waals surface area contributed by atoms with Crippen LogP contribution in [0.25, 0.3) is 0 Å². The van der Waals surface area contributed by atoms with Gasteiger partial charge in [-0.05, 0) is 38.5 Å². The third kappa shape index (κ3) is 7.29. The van der Waals surface area contributed by atoms with Crippen LogP contribution in [0.3, 0.4) is 0 Å². The van der Waals surface area contributed by atoms with Crippen LogP contribution >= 0.6 is 0 Å². The fourth-order valence-corrected chi connectivity index (χ4v) is 4.77. The van der Waals surface area contributed by atoms with E-state index < -0.39 is 35.6 Å². The number of rotatable bonds is 11. The predicted octanol–water partition coefficient (Wildman–Crippen LogP) is 2.56. The molecular formula is C22H36N2O6. The van der Waals surface area contributed by atoms with E-state index in [2.05, 4.69) is 10.6 Å². The Balaban J connectivity index is 1.54. The minimum absolute atomic E-state index is 0.144. The molecule has 2 fully saturated rings. The molecule has 0 unspecified atom stereocenters. The van der Waals surface area contributed by atoms with Crippen LogP contribution in [-0.4, -0.2) is 47.1 Å². The second-order valence-corrected chi connectivity index (χ2v) is 8.67. The number of aliphatic carboxylic acids is 2. The highest BCUT2D eigenvalue weighted by Gasteiger charge is 2.36. The zero-order valence-electron chi connectivity index (χ0n) is 17.7. The summed E-state index contributed by atoms with van der Waals surface area (Å²) in [6, 6.07) is 0. The minimum atomic E-state index is -0.875. The zero-order valence-corrected chi connectivity index (χ0v) is 17.7. The van der Waals surface area contributed by atoms with E-state index in [-0.39, 0.29) is 11.8 Å². The van der Waals surface area contributed by atoms with Crippen LogP contribution in [0.5, 0.6) is 0 Å². The van der Waals surface area contributed by atoms with Crippen molar-refractivity contribution in [1.29, 1.82) is 0 Å². The summed E-state index contributed by atoms with van der Waals surface area (Å²) in [6.45, 7) is 1.08. The lowest BCUT2D eigenvalue weighted by Crippen LogP contribution is -2.40. The van der Waals surface area contributed by atoms with E-state index in [1.165, 1.54) is 0 Å². The third-order valence-corrected chi connectivity index (χ3v) is 6.54. The monoisotopic (exact) mass is 424 g/mol. The average Bonchev–Trinajstić information content (AvgIpc) is 2.75. The molecule has 30 heavy (non-hydrogen) atoms. The van der Waals surface area contributed by atoms with Gasteiger partial charge < -0.3 is 20.8 Å². The summed E-state index contributed by atoms with van der Waals surface area (Å²) in [5.74, 6) is -3.99. The van der Waals surface area contributed by atoms with Crippen molar-refractivity contribution in [3.05, 3.63) is 0 Å². The predicted molar refractivity (Wildman–Crippen MR) is 111 cm³/mol. The molecule has 0 saturated heterocycles. The van der Waals surface area contributed by atoms with Gasteiger partial charge in [-0.1, -0.05) is 38.5 Å². The molecule has 0 aromatic heterocycles. The van der Waals surface area contributed by atoms with Gasteiger partial charge in [0.25, 0.3) is 0 Å². The van der Waals surface area contributed by atoms with Crippen molar-refractivity contribution in [2.24, 2.45) is 23.7 Å². The molecule has 0 heterocycles. The van der Waals surface area contributed by atoms with Gasteiger partial charge in [-0.25, -0.2) is 0 Å². The van der Waals surface area contributed by atoms with E-state index in [1.807, 2.05) is 0 Å². The van der Waals surface area contributed by atoms with Gasteiger partial charge in [-0.3, -0.25) is 19.2 Å². The lowest BCUT2D eigenvalue weighted by molar-refractivity contribution is -0.149. The van der Waals surface area contributed by atoms with Crippen LogP contribution in [0.15, 0.2) is 0 Å². The largest absolute Gasteiger partial charge is 0.481 e. The Morgan fingerprint density at radius 3 is 1.23 bits per heavy atom. The van der Waals surface area contributed by atoms with Gasteiger partial charge in [-0.2, -0.15) is 0 Å². The van der Waals surface area contributed by atoms with Crippen molar-refractivity contribution in [3.63, 3.8) is 0 Å². The molecule has 4 N–H and O–H groups in total. The first kappa shape index (κ1) is 24.2. The van der Waals surface area contributed by atoms with Crippen LogP contribution in [0.2, 0.25) is 0 Å². The standard InChI is InChI=1S/C22H36N2O6/c25-19(15-9-3-5-11-17(15)21(27)28)23-13-7-1-2-8-14-24-20(26)16-10-4-6-12-18(16)22(29)30/h15-18H,1-14H2,(H,23,25)(H,24,26)(H,27,28)(H,29,30)/t15-,16+,17-,18-/m0/s1. The summed E-state index contributed by atoms with van der Waals surface area (Å²) in [6.07, 6.45) is 9.43. The number of carbonyl (C=O) groups excluding carboxylic acids is 2. The van der Waals surface area contributed by atoms with Crippen molar-refractivity contribution < 1.29 is 29.4 Å². The van der Waals surface area contributed by atoms with Crippen LogP contribution in [0.1, 0.15) is 77.0 Å². The number of hydrogen-bond acceptors (Lipinski definition) is 4. The number of carboxylic acid groups (broad SMARTS) is 2. The summed E-state index contributed by atoms with van der Waals surface area (Å²) in [5.41, 5.74) is 0. The number of unbranched alkanes of at least 4 members (excludes halogenated alkanes) is 3. The number of amides is 2. The summed E-state index contributed by atoms with van der Waals surface area (Å²) < 4.78 is 0. The van der Waals surface area contributed by atoms with Crippen molar-refractivity contribution in [1.82, 2.24) is 10.6 Å². The topological polar surface area (TPSA) is 133 Å². The van der Waals surface area contributed by atoms with Gasteiger partial charge in [0.1, 0.15) is 0 Å². The first-order chi connectivity index (χ1) is 14.4. The molecule has 4 atom stereocenters. The van der Waals surface area contributed by atoms with Crippen molar-refractivity contribution in [2.75, 3.05) is 13.1 Å². The Morgan fingerprint density at radius 1 is 0.567 bits per heavy atom. The second-order valence-electron chi connectivity index (χ2n) is 8.67. The molecule has 8 nitrogen and oxygen atoms in total. The van der Waals surface area contributed by atoms with Gasteiger partial charge in [0, 0.05) is 13.1 Å². The van der Waals surface area contributed by atoms with Crippen LogP contribution < -0.4 is 10.6 Å². The SMILES string of the molecule is O=C(O)[C@H]1CCCC[C@@H]1C(=O)NCCCCCCNC(=O)[C@@H]1CCCC[C@@H]1C(=O)O. The molecule has 2 saturated carbocycles. The highest BCUT2D eigenvalue weighted by atomic mass is 16.4. The summed E-state index contributed by atoms with van der Waals surface area (Å²) in [7, 11) is 0. The normalized spacial score (nSPS) is 26.5. The molecule has 2 rings (SSSR count). The Labute approximate surface area is 178 Å². The number of hydrogen-bond donors (Lipinski definition) is 4. The molecule has 0 bridgehead atoms. The van der Waals surface area contributed by atoms with Crippen LogP contribution in [0.4, 0.5) is 0 Å². The quantitative estimate of drug-likeness (QED) is 0.377. The molecule has 2 aliphatic rings. The molecule has 0 aliphatic heterocycles. The van der Waals surface area contributed by atoms with Gasteiger partial charge in [-0.15, -0.1) is 0 Å². The van der Waals surface area contributed by atoms with Crippen LogP contribution in [-0.2, 0) is 19.2 Å². The summed E-state index contributed by atoms with van der Waals surface area (Å²) >= 11 is 0. The minimum Gasteiger partial charge on any atom is -0.481 e. The Kier molecular flexibility index (Phi) is 10.1. The number of nitrogens with one attached hydrogen (secondary N) is 2. The molecule has 0 spiro atoms. The number of carboxylic acids is 2. The molecule has 0 radical (unpaired) electrons. The first-order valence-corrected chi connectivity index (χ1v) is 11.4. The molecular weight excluding hydrogens is 388 g/mol. The maximum Gasteiger partial charge on any atom is 0.307 e. The second kappa shape index (κ2) is 12.5. The van der Waals surface area contributed by atoms with Gasteiger partial charge in [0.05, 0.1) is 23.7 Å². The maximum atomic E-state index is 12.3. The first-order valence-electron chi connectivity index (χ1n) is 11.4. The molecule has 0 aromatic carbocycles. The van der Waals surface area contributed by atoms with E-state index in [1.54, 1.807) is 0 Å². The Morgan fingerprint density at radius 2 is 0.900 bits per heavy atom. The fraction of sp³-hybridized carbons (Fsp3) is 0.818. The highest BCUT2D eigenvalue weighted by Crippen LogP contribution is 2.31. The van der Waals surface area contributed by atoms with E-state index >= 15 is 0 Å². The van der Waals surface area contributed by atoms with Crippen LogP contribution in [0, 0.1) is 23.7 Å². The molecule has 8 heteroatoms. The average molecular weight is 425 g/mol. The fourth-order valence-electron chi connectivity index (χ4n) is 4.77. The van der Waals surface area contributed by atoms with Gasteiger partial charge in [0.2, 0.25) is 11.8 Å². The summed E-state index contributed by atoms with van der Waals surface area (Å²) in [5, 5.41) is 24.3. The third-order valence-electron chi connectivity index (χ3n) is 6.54. The van der Waals surface area contributed by atoms with E-state index in [0.29, 0.717) is 38.8 Å². The maximum absolute atomic E-state index is 12.3. The lowest BCUT2D eigenvalue weighted by Gasteiger charge is -2.27. The van der Waals surface area contributed by atoms with Crippen molar-refractivity contribution in [3.8, 4) is 0 Å². The summed E-state index contributed by atoms with van der Waals surface area (Å²) in [4.78, 5) is 47.2. The zero-order chi connectivity index (χ0) is 21.9. The van der Waals surface area contributed by atoms with E-state index in [0.717, 1.165) is 51.4 Å². The Bertz CT molecular complexity index is 556. The smallest absolute Gasteiger partial charge is 0.307 e. The molecule has 170 valence electrons. The van der Waals surface area contributed by atoms with E-state index in [4.69, 9.17) is 0 Å². The van der Waals surface area contributed by atoms with Gasteiger partial charge >= 0.3 is 11.9 Å².